The summed E-state index contributed by atoms with van der Waals surface area (Å²) in [6.07, 6.45) is 0.598. The first kappa shape index (κ1) is 11.4. The van der Waals surface area contributed by atoms with Crippen LogP contribution in [0.2, 0.25) is 0 Å². The Labute approximate surface area is 88.6 Å². The fourth-order valence-electron chi connectivity index (χ4n) is 1.45. The number of rotatable bonds is 4. The van der Waals surface area contributed by atoms with E-state index in [-0.39, 0.29) is 6.42 Å². The van der Waals surface area contributed by atoms with Gasteiger partial charge in [-0.15, -0.1) is 0 Å². The van der Waals surface area contributed by atoms with Crippen LogP contribution in [0.25, 0.3) is 0 Å². The molecule has 0 unspecified atom stereocenters. The molecule has 5 nitrogen and oxygen atoms in total. The molecule has 15 heavy (non-hydrogen) atoms. The highest BCUT2D eigenvalue weighted by Crippen LogP contribution is 2.14. The van der Waals surface area contributed by atoms with Crippen LogP contribution in [0.4, 0.5) is 5.95 Å². The Morgan fingerprint density at radius 1 is 1.33 bits per heavy atom. The largest absolute Gasteiger partial charge is 0.481 e. The Bertz CT molecular complexity index is 354. The molecule has 5 heteroatoms. The first-order valence-electron chi connectivity index (χ1n) is 4.78. The number of nitrogens with zero attached hydrogens (tertiary/aromatic N) is 2. The second-order valence-electron chi connectivity index (χ2n) is 3.34. The monoisotopic (exact) mass is 209 g/mol. The molecule has 0 aliphatic heterocycles. The minimum atomic E-state index is -0.800. The highest BCUT2D eigenvalue weighted by atomic mass is 16.4. The summed E-state index contributed by atoms with van der Waals surface area (Å²) < 4.78 is 0. The molecule has 0 fully saturated rings. The van der Waals surface area contributed by atoms with Crippen LogP contribution in [0.15, 0.2) is 0 Å². The third-order valence-corrected chi connectivity index (χ3v) is 2.23. The minimum absolute atomic E-state index is 0.115. The third kappa shape index (κ3) is 2.90. The van der Waals surface area contributed by atoms with Crippen molar-refractivity contribution < 1.29 is 9.90 Å². The molecule has 1 aromatic rings. The standard InChI is InChI=1S/C10H15N3O2/c1-6-8(4-5-9(14)15)7(2)13-10(11-3)12-6/h4-5H2,1-3H3,(H,14,15)(H,11,12,13). The number of aliphatic carboxylic acids is 1. The van der Waals surface area contributed by atoms with E-state index in [0.29, 0.717) is 12.4 Å². The normalized spacial score (nSPS) is 10.1. The zero-order valence-corrected chi connectivity index (χ0v) is 9.16. The van der Waals surface area contributed by atoms with Crippen molar-refractivity contribution in [3.8, 4) is 0 Å². The molecule has 0 saturated heterocycles. The topological polar surface area (TPSA) is 75.1 Å². The molecule has 0 bridgehead atoms. The van der Waals surface area contributed by atoms with E-state index in [9.17, 15) is 4.79 Å². The number of anilines is 1. The van der Waals surface area contributed by atoms with Crippen molar-refractivity contribution in [1.82, 2.24) is 9.97 Å². The Morgan fingerprint density at radius 3 is 2.27 bits per heavy atom. The lowest BCUT2D eigenvalue weighted by atomic mass is 10.1. The zero-order chi connectivity index (χ0) is 11.4. The second-order valence-corrected chi connectivity index (χ2v) is 3.34. The molecule has 1 rings (SSSR count). The van der Waals surface area contributed by atoms with Crippen LogP contribution < -0.4 is 5.32 Å². The fourth-order valence-corrected chi connectivity index (χ4v) is 1.45. The summed E-state index contributed by atoms with van der Waals surface area (Å²) in [7, 11) is 1.76. The number of hydrogen-bond donors (Lipinski definition) is 2. The van der Waals surface area contributed by atoms with Gasteiger partial charge >= 0.3 is 5.97 Å². The summed E-state index contributed by atoms with van der Waals surface area (Å²) in [6, 6.07) is 0. The van der Waals surface area contributed by atoms with Crippen LogP contribution >= 0.6 is 0 Å². The summed E-state index contributed by atoms with van der Waals surface area (Å²) in [5.74, 6) is -0.226. The molecule has 0 aliphatic carbocycles. The summed E-state index contributed by atoms with van der Waals surface area (Å²) in [4.78, 5) is 18.9. The minimum Gasteiger partial charge on any atom is -0.481 e. The molecule has 0 aromatic carbocycles. The summed E-state index contributed by atoms with van der Waals surface area (Å²) in [5.41, 5.74) is 2.61. The van der Waals surface area contributed by atoms with Gasteiger partial charge in [0.2, 0.25) is 5.95 Å². The summed E-state index contributed by atoms with van der Waals surface area (Å²) in [6.45, 7) is 3.74. The van der Waals surface area contributed by atoms with Crippen LogP contribution in [0, 0.1) is 13.8 Å². The van der Waals surface area contributed by atoms with E-state index in [0.717, 1.165) is 17.0 Å². The van der Waals surface area contributed by atoms with Crippen LogP contribution in [0.3, 0.4) is 0 Å². The van der Waals surface area contributed by atoms with E-state index < -0.39 is 5.97 Å². The Morgan fingerprint density at radius 2 is 1.87 bits per heavy atom. The lowest BCUT2D eigenvalue weighted by molar-refractivity contribution is -0.136. The van der Waals surface area contributed by atoms with Gasteiger partial charge in [0.1, 0.15) is 0 Å². The van der Waals surface area contributed by atoms with Crippen LogP contribution in [0.5, 0.6) is 0 Å². The quantitative estimate of drug-likeness (QED) is 0.778. The Kier molecular flexibility index (Phi) is 3.60. The van der Waals surface area contributed by atoms with Crippen LogP contribution in [0.1, 0.15) is 23.4 Å². The smallest absolute Gasteiger partial charge is 0.303 e. The van der Waals surface area contributed by atoms with E-state index >= 15 is 0 Å². The van der Waals surface area contributed by atoms with Crippen molar-refractivity contribution in [3.05, 3.63) is 17.0 Å². The van der Waals surface area contributed by atoms with E-state index in [4.69, 9.17) is 5.11 Å². The summed E-state index contributed by atoms with van der Waals surface area (Å²) in [5, 5.41) is 11.5. The van der Waals surface area contributed by atoms with E-state index in [1.807, 2.05) is 13.8 Å². The first-order chi connectivity index (χ1) is 7.04. The predicted molar refractivity (Wildman–Crippen MR) is 57.0 cm³/mol. The van der Waals surface area contributed by atoms with Crippen molar-refractivity contribution in [1.29, 1.82) is 0 Å². The van der Waals surface area contributed by atoms with Gasteiger partial charge < -0.3 is 10.4 Å². The molecule has 82 valence electrons. The number of aromatic nitrogens is 2. The highest BCUT2D eigenvalue weighted by Gasteiger charge is 2.09. The molecule has 0 radical (unpaired) electrons. The molecule has 0 atom stereocenters. The molecule has 0 saturated carbocycles. The van der Waals surface area contributed by atoms with Gasteiger partial charge in [-0.25, -0.2) is 9.97 Å². The van der Waals surface area contributed by atoms with Gasteiger partial charge in [-0.3, -0.25) is 4.79 Å². The number of carbonyl (C=O) groups is 1. The van der Waals surface area contributed by atoms with E-state index in [1.54, 1.807) is 7.05 Å². The number of aryl methyl sites for hydroxylation is 2. The van der Waals surface area contributed by atoms with Gasteiger partial charge in [0, 0.05) is 24.9 Å². The van der Waals surface area contributed by atoms with Crippen molar-refractivity contribution in [2.45, 2.75) is 26.7 Å². The van der Waals surface area contributed by atoms with Gasteiger partial charge in [-0.2, -0.15) is 0 Å². The van der Waals surface area contributed by atoms with Crippen LogP contribution in [-0.4, -0.2) is 28.1 Å². The van der Waals surface area contributed by atoms with Gasteiger partial charge in [-0.05, 0) is 25.8 Å². The summed E-state index contributed by atoms with van der Waals surface area (Å²) >= 11 is 0. The van der Waals surface area contributed by atoms with Crippen molar-refractivity contribution >= 4 is 11.9 Å². The molecular weight excluding hydrogens is 194 g/mol. The van der Waals surface area contributed by atoms with Gasteiger partial charge in [0.05, 0.1) is 0 Å². The maximum atomic E-state index is 10.5. The number of hydrogen-bond acceptors (Lipinski definition) is 4. The number of carboxylic acid groups (broad SMARTS) is 1. The van der Waals surface area contributed by atoms with Gasteiger partial charge in [0.15, 0.2) is 0 Å². The lowest BCUT2D eigenvalue weighted by Crippen LogP contribution is -2.07. The van der Waals surface area contributed by atoms with Gasteiger partial charge in [0.25, 0.3) is 0 Å². The second kappa shape index (κ2) is 4.72. The third-order valence-electron chi connectivity index (χ3n) is 2.23. The predicted octanol–water partition coefficient (Wildman–Crippen LogP) is 1.15. The van der Waals surface area contributed by atoms with Crippen molar-refractivity contribution in [2.24, 2.45) is 0 Å². The fraction of sp³-hybridized carbons (Fsp3) is 0.500. The van der Waals surface area contributed by atoms with Crippen molar-refractivity contribution in [3.63, 3.8) is 0 Å². The number of nitrogens with one attached hydrogen (secondary N) is 1. The molecule has 1 heterocycles. The molecule has 0 amide bonds. The number of carboxylic acids is 1. The van der Waals surface area contributed by atoms with Crippen molar-refractivity contribution in [2.75, 3.05) is 12.4 Å². The molecule has 2 N–H and O–H groups in total. The Hall–Kier alpha value is -1.65. The lowest BCUT2D eigenvalue weighted by Gasteiger charge is -2.09. The van der Waals surface area contributed by atoms with Crippen LogP contribution in [-0.2, 0) is 11.2 Å². The molecule has 0 spiro atoms. The zero-order valence-electron chi connectivity index (χ0n) is 9.16. The van der Waals surface area contributed by atoms with E-state index in [1.165, 1.54) is 0 Å². The van der Waals surface area contributed by atoms with Gasteiger partial charge in [-0.1, -0.05) is 0 Å². The first-order valence-corrected chi connectivity index (χ1v) is 4.78. The highest BCUT2D eigenvalue weighted by molar-refractivity contribution is 5.67. The SMILES string of the molecule is CNc1nc(C)c(CCC(=O)O)c(C)n1. The molecular formula is C10H15N3O2. The van der Waals surface area contributed by atoms with E-state index in [2.05, 4.69) is 15.3 Å². The molecule has 0 aliphatic rings. The molecule has 1 aromatic heterocycles. The maximum Gasteiger partial charge on any atom is 0.303 e. The average Bonchev–Trinajstić information content (AvgIpc) is 2.15. The Balaban J connectivity index is 2.92. The maximum absolute atomic E-state index is 10.5. The average molecular weight is 209 g/mol.